The van der Waals surface area contributed by atoms with Crippen molar-refractivity contribution in [1.82, 2.24) is 0 Å². The number of aliphatic hydroxyl groups is 1. The second kappa shape index (κ2) is 6.77. The van der Waals surface area contributed by atoms with Crippen LogP contribution in [0.1, 0.15) is 32.3 Å². The van der Waals surface area contributed by atoms with Crippen LogP contribution in [0.4, 0.5) is 5.69 Å². The first-order chi connectivity index (χ1) is 8.02. The lowest BCUT2D eigenvalue weighted by Crippen LogP contribution is -2.15. The van der Waals surface area contributed by atoms with E-state index >= 15 is 0 Å². The molecule has 1 unspecified atom stereocenters. The maximum atomic E-state index is 11.6. The van der Waals surface area contributed by atoms with E-state index in [1.165, 1.54) is 0 Å². The molecule has 0 spiro atoms. The molecule has 17 heavy (non-hydrogen) atoms. The molecular weight excluding hydrogens is 282 g/mol. The summed E-state index contributed by atoms with van der Waals surface area (Å²) in [6, 6.07) is 5.80. The van der Waals surface area contributed by atoms with Crippen molar-refractivity contribution in [1.29, 1.82) is 0 Å². The Morgan fingerprint density at radius 1 is 1.53 bits per heavy atom. The Morgan fingerprint density at radius 3 is 2.82 bits per heavy atom. The van der Waals surface area contributed by atoms with Crippen LogP contribution in [0.5, 0.6) is 0 Å². The Bertz CT molecular complexity index is 391. The lowest BCUT2D eigenvalue weighted by atomic mass is 10.1. The summed E-state index contributed by atoms with van der Waals surface area (Å²) in [6.45, 7) is 3.73. The zero-order valence-electron chi connectivity index (χ0n) is 10.2. The molecule has 1 rings (SSSR count). The van der Waals surface area contributed by atoms with Gasteiger partial charge in [-0.15, -0.1) is 0 Å². The van der Waals surface area contributed by atoms with Gasteiger partial charge in [-0.05, 0) is 43.5 Å². The zero-order chi connectivity index (χ0) is 12.8. The van der Waals surface area contributed by atoms with Gasteiger partial charge >= 0.3 is 0 Å². The predicted octanol–water partition coefficient (Wildman–Crippen LogP) is 3.11. The molecule has 2 N–H and O–H groups in total. The molecule has 1 atom stereocenters. The lowest BCUT2D eigenvalue weighted by molar-refractivity contribution is -0.116. The minimum atomic E-state index is -0.434. The number of carbonyl (C=O) groups excluding carboxylic acids is 1. The van der Waals surface area contributed by atoms with Gasteiger partial charge < -0.3 is 10.4 Å². The molecule has 0 aromatic heterocycles. The molecule has 1 aromatic carbocycles. The number of hydrogen-bond acceptors (Lipinski definition) is 2. The fraction of sp³-hybridized carbons (Fsp3) is 0.462. The zero-order valence-corrected chi connectivity index (χ0v) is 11.8. The number of benzene rings is 1. The van der Waals surface area contributed by atoms with Crippen LogP contribution in [0, 0.1) is 0 Å². The van der Waals surface area contributed by atoms with Crippen molar-refractivity contribution >= 4 is 27.5 Å². The summed E-state index contributed by atoms with van der Waals surface area (Å²) >= 11 is 3.41. The summed E-state index contributed by atoms with van der Waals surface area (Å²) in [4.78, 5) is 11.6. The van der Waals surface area contributed by atoms with Crippen LogP contribution < -0.4 is 5.32 Å². The Labute approximate surface area is 110 Å². The number of aliphatic hydroxyl groups excluding tert-OH is 1. The molecule has 0 radical (unpaired) electrons. The molecule has 0 aliphatic rings. The van der Waals surface area contributed by atoms with E-state index in [4.69, 9.17) is 5.11 Å². The summed E-state index contributed by atoms with van der Waals surface area (Å²) in [7, 11) is 0. The van der Waals surface area contributed by atoms with Crippen LogP contribution in [0.15, 0.2) is 22.7 Å². The van der Waals surface area contributed by atoms with E-state index in [2.05, 4.69) is 21.2 Å². The van der Waals surface area contributed by atoms with Gasteiger partial charge in [-0.25, -0.2) is 0 Å². The van der Waals surface area contributed by atoms with Crippen molar-refractivity contribution in [2.75, 3.05) is 5.32 Å². The van der Waals surface area contributed by atoms with E-state index in [-0.39, 0.29) is 5.91 Å². The first-order valence-corrected chi connectivity index (χ1v) is 6.58. The van der Waals surface area contributed by atoms with Gasteiger partial charge in [0.15, 0.2) is 0 Å². The number of nitrogens with one attached hydrogen (secondary N) is 1. The average Bonchev–Trinajstić information content (AvgIpc) is 2.28. The normalized spacial score (nSPS) is 12.2. The number of carbonyl (C=O) groups is 1. The molecule has 0 heterocycles. The maximum absolute atomic E-state index is 11.6. The first-order valence-electron chi connectivity index (χ1n) is 5.79. The number of anilines is 1. The molecular formula is C13H18BrNO2. The highest BCUT2D eigenvalue weighted by atomic mass is 79.9. The van der Waals surface area contributed by atoms with Gasteiger partial charge in [0, 0.05) is 16.6 Å². The van der Waals surface area contributed by atoms with Crippen molar-refractivity contribution in [3.8, 4) is 0 Å². The van der Waals surface area contributed by atoms with Crippen LogP contribution in [-0.2, 0) is 11.2 Å². The summed E-state index contributed by atoms with van der Waals surface area (Å²) in [6.07, 6.45) is 1.27. The van der Waals surface area contributed by atoms with E-state index in [1.54, 1.807) is 6.92 Å². The summed E-state index contributed by atoms with van der Waals surface area (Å²) in [5, 5.41) is 12.0. The minimum absolute atomic E-state index is 0.0528. The average molecular weight is 300 g/mol. The molecule has 0 saturated carbocycles. The Hall–Kier alpha value is -0.870. The van der Waals surface area contributed by atoms with Gasteiger partial charge in [-0.3, -0.25) is 4.79 Å². The summed E-state index contributed by atoms with van der Waals surface area (Å²) in [5.74, 6) is -0.0528. The fourth-order valence-corrected chi connectivity index (χ4v) is 1.94. The minimum Gasteiger partial charge on any atom is -0.393 e. The number of aryl methyl sites for hydroxylation is 1. The van der Waals surface area contributed by atoms with Gasteiger partial charge in [-0.2, -0.15) is 0 Å². The van der Waals surface area contributed by atoms with Crippen molar-refractivity contribution in [3.63, 3.8) is 0 Å². The Morgan fingerprint density at radius 2 is 2.24 bits per heavy atom. The number of hydrogen-bond donors (Lipinski definition) is 2. The van der Waals surface area contributed by atoms with Gasteiger partial charge in [-0.1, -0.05) is 22.9 Å². The highest BCUT2D eigenvalue weighted by Crippen LogP contribution is 2.21. The number of rotatable bonds is 5. The van der Waals surface area contributed by atoms with Crippen molar-refractivity contribution in [3.05, 3.63) is 28.2 Å². The molecule has 0 saturated heterocycles. The van der Waals surface area contributed by atoms with E-state index in [1.807, 2.05) is 25.1 Å². The fourth-order valence-electron chi connectivity index (χ4n) is 1.53. The topological polar surface area (TPSA) is 49.3 Å². The molecule has 0 aliphatic heterocycles. The first kappa shape index (κ1) is 14.2. The van der Waals surface area contributed by atoms with E-state index in [0.29, 0.717) is 12.8 Å². The monoisotopic (exact) mass is 299 g/mol. The van der Waals surface area contributed by atoms with E-state index in [0.717, 1.165) is 22.1 Å². The molecule has 3 nitrogen and oxygen atoms in total. The Kier molecular flexibility index (Phi) is 5.65. The second-order valence-electron chi connectivity index (χ2n) is 4.09. The predicted molar refractivity (Wildman–Crippen MR) is 73.1 cm³/mol. The summed E-state index contributed by atoms with van der Waals surface area (Å²) < 4.78 is 1.01. The molecule has 0 aliphatic carbocycles. The highest BCUT2D eigenvalue weighted by Gasteiger charge is 2.07. The maximum Gasteiger partial charge on any atom is 0.224 e. The van der Waals surface area contributed by atoms with Crippen LogP contribution in [-0.4, -0.2) is 17.1 Å². The number of amides is 1. The van der Waals surface area contributed by atoms with Gasteiger partial charge in [0.1, 0.15) is 0 Å². The molecule has 4 heteroatoms. The Balaban J connectivity index is 2.64. The molecule has 0 bridgehead atoms. The largest absolute Gasteiger partial charge is 0.393 e. The van der Waals surface area contributed by atoms with Gasteiger partial charge in [0.25, 0.3) is 0 Å². The van der Waals surface area contributed by atoms with Crippen molar-refractivity contribution in [2.24, 2.45) is 0 Å². The van der Waals surface area contributed by atoms with E-state index in [9.17, 15) is 4.79 Å². The highest BCUT2D eigenvalue weighted by molar-refractivity contribution is 9.10. The molecule has 94 valence electrons. The van der Waals surface area contributed by atoms with Gasteiger partial charge in [0.2, 0.25) is 5.91 Å². The van der Waals surface area contributed by atoms with Crippen molar-refractivity contribution in [2.45, 2.75) is 39.2 Å². The summed E-state index contributed by atoms with van der Waals surface area (Å²) in [5.41, 5.74) is 1.95. The third-order valence-corrected chi connectivity index (χ3v) is 3.00. The smallest absolute Gasteiger partial charge is 0.224 e. The van der Waals surface area contributed by atoms with Crippen LogP contribution >= 0.6 is 15.9 Å². The van der Waals surface area contributed by atoms with Crippen LogP contribution in [0.25, 0.3) is 0 Å². The standard InChI is InChI=1S/C13H18BrNO2/c1-3-10-8-11(14)5-6-12(10)15-13(17)7-4-9(2)16/h5-6,8-9,16H,3-4,7H2,1-2H3,(H,15,17). The molecule has 1 aromatic rings. The van der Waals surface area contributed by atoms with Crippen LogP contribution in [0.2, 0.25) is 0 Å². The lowest BCUT2D eigenvalue weighted by Gasteiger charge is -2.11. The SMILES string of the molecule is CCc1cc(Br)ccc1NC(=O)CCC(C)O. The molecule has 0 fully saturated rings. The van der Waals surface area contributed by atoms with Crippen molar-refractivity contribution < 1.29 is 9.90 Å². The molecule has 1 amide bonds. The second-order valence-corrected chi connectivity index (χ2v) is 5.01. The number of halogens is 1. The third-order valence-electron chi connectivity index (χ3n) is 2.51. The van der Waals surface area contributed by atoms with Crippen LogP contribution in [0.3, 0.4) is 0 Å². The third kappa shape index (κ3) is 4.88. The quantitative estimate of drug-likeness (QED) is 0.878. The van der Waals surface area contributed by atoms with E-state index < -0.39 is 6.10 Å². The van der Waals surface area contributed by atoms with Gasteiger partial charge in [0.05, 0.1) is 6.10 Å².